The van der Waals surface area contributed by atoms with E-state index in [1.54, 1.807) is 0 Å². The van der Waals surface area contributed by atoms with Crippen molar-refractivity contribution in [1.82, 2.24) is 0 Å². The second-order valence-electron chi connectivity index (χ2n) is 5.21. The summed E-state index contributed by atoms with van der Waals surface area (Å²) >= 11 is 5.56. The first kappa shape index (κ1) is 12.2. The highest BCUT2D eigenvalue weighted by Gasteiger charge is 2.44. The molecule has 0 aromatic heterocycles. The van der Waals surface area contributed by atoms with Crippen LogP contribution in [0, 0.1) is 5.92 Å². The normalized spacial score (nSPS) is 25.6. The van der Waals surface area contributed by atoms with Gasteiger partial charge in [0.25, 0.3) is 0 Å². The Morgan fingerprint density at radius 2 is 1.75 bits per heavy atom. The van der Waals surface area contributed by atoms with Crippen LogP contribution in [-0.4, -0.2) is 17.5 Å². The number of esters is 1. The van der Waals surface area contributed by atoms with Gasteiger partial charge < -0.3 is 4.74 Å². The van der Waals surface area contributed by atoms with Crippen LogP contribution in [0.3, 0.4) is 0 Å². The molecular formula is C13H21ClO2. The van der Waals surface area contributed by atoms with Crippen LogP contribution in [0.15, 0.2) is 0 Å². The fourth-order valence-electron chi connectivity index (χ4n) is 3.45. The molecule has 0 radical (unpaired) electrons. The fourth-order valence-corrected chi connectivity index (χ4v) is 3.50. The molecule has 0 heterocycles. The molecule has 2 nitrogen and oxygen atoms in total. The van der Waals surface area contributed by atoms with Gasteiger partial charge in [0.1, 0.15) is 11.5 Å². The topological polar surface area (TPSA) is 26.3 Å². The van der Waals surface area contributed by atoms with Crippen LogP contribution in [0.2, 0.25) is 0 Å². The van der Waals surface area contributed by atoms with Crippen molar-refractivity contribution in [3.63, 3.8) is 0 Å². The van der Waals surface area contributed by atoms with Crippen LogP contribution < -0.4 is 0 Å². The minimum atomic E-state index is -0.228. The first-order chi connectivity index (χ1) is 7.77. The number of alkyl halides is 1. The van der Waals surface area contributed by atoms with Crippen molar-refractivity contribution in [2.45, 2.75) is 63.4 Å². The summed E-state index contributed by atoms with van der Waals surface area (Å²) in [5.74, 6) is 0.360. The van der Waals surface area contributed by atoms with Gasteiger partial charge >= 0.3 is 5.97 Å². The van der Waals surface area contributed by atoms with Crippen LogP contribution in [0.4, 0.5) is 0 Å². The van der Waals surface area contributed by atoms with E-state index in [0.717, 1.165) is 12.8 Å². The summed E-state index contributed by atoms with van der Waals surface area (Å²) < 4.78 is 5.72. The SMILES string of the molecule is O=C(CCl)OC1(C2CCCCC2)CCCC1. The number of carbonyl (C=O) groups excluding carboxylic acids is 1. The van der Waals surface area contributed by atoms with Gasteiger partial charge in [0.2, 0.25) is 0 Å². The number of halogens is 1. The monoisotopic (exact) mass is 244 g/mol. The standard InChI is InChI=1S/C13H21ClO2/c14-10-12(15)16-13(8-4-5-9-13)11-6-2-1-3-7-11/h11H,1-10H2. The van der Waals surface area contributed by atoms with Crippen LogP contribution in [0.25, 0.3) is 0 Å². The number of hydrogen-bond donors (Lipinski definition) is 0. The van der Waals surface area contributed by atoms with E-state index in [9.17, 15) is 4.79 Å². The Labute approximate surface area is 103 Å². The lowest BCUT2D eigenvalue weighted by Crippen LogP contribution is -2.41. The van der Waals surface area contributed by atoms with Crippen LogP contribution in [-0.2, 0) is 9.53 Å². The minimum absolute atomic E-state index is 0.00549. The molecule has 2 fully saturated rings. The molecule has 0 aromatic carbocycles. The largest absolute Gasteiger partial charge is 0.458 e. The van der Waals surface area contributed by atoms with Gasteiger partial charge in [0.15, 0.2) is 0 Å². The smallest absolute Gasteiger partial charge is 0.321 e. The molecule has 2 saturated carbocycles. The van der Waals surface area contributed by atoms with Gasteiger partial charge in [-0.2, -0.15) is 0 Å². The first-order valence-electron chi connectivity index (χ1n) is 6.55. The summed E-state index contributed by atoms with van der Waals surface area (Å²) in [6.45, 7) is 0. The van der Waals surface area contributed by atoms with Crippen LogP contribution >= 0.6 is 11.6 Å². The summed E-state index contributed by atoms with van der Waals surface area (Å²) in [5, 5.41) is 0. The molecule has 0 bridgehead atoms. The number of hydrogen-bond acceptors (Lipinski definition) is 2. The molecule has 0 aliphatic heterocycles. The van der Waals surface area contributed by atoms with E-state index < -0.39 is 0 Å². The fraction of sp³-hybridized carbons (Fsp3) is 0.923. The van der Waals surface area contributed by atoms with Crippen molar-refractivity contribution in [1.29, 1.82) is 0 Å². The summed E-state index contributed by atoms with van der Waals surface area (Å²) in [4.78, 5) is 11.5. The predicted molar refractivity (Wildman–Crippen MR) is 64.6 cm³/mol. The summed E-state index contributed by atoms with van der Waals surface area (Å²) in [6, 6.07) is 0. The quantitative estimate of drug-likeness (QED) is 0.560. The molecule has 0 N–H and O–H groups in total. The van der Waals surface area contributed by atoms with Crippen LogP contribution in [0.5, 0.6) is 0 Å². The Kier molecular flexibility index (Phi) is 4.12. The second-order valence-corrected chi connectivity index (χ2v) is 5.48. The Morgan fingerprint density at radius 1 is 1.12 bits per heavy atom. The number of carbonyl (C=O) groups is 1. The summed E-state index contributed by atoms with van der Waals surface area (Å²) in [6.07, 6.45) is 10.9. The van der Waals surface area contributed by atoms with Crippen molar-refractivity contribution in [3.8, 4) is 0 Å². The average Bonchev–Trinajstić information content (AvgIpc) is 2.80. The van der Waals surface area contributed by atoms with Gasteiger partial charge in [-0.25, -0.2) is 0 Å². The highest BCUT2D eigenvalue weighted by atomic mass is 35.5. The van der Waals surface area contributed by atoms with Gasteiger partial charge in [-0.3, -0.25) is 4.79 Å². The number of rotatable bonds is 3. The maximum Gasteiger partial charge on any atom is 0.321 e. The highest BCUT2D eigenvalue weighted by Crippen LogP contribution is 2.45. The van der Waals surface area contributed by atoms with E-state index in [4.69, 9.17) is 16.3 Å². The number of ether oxygens (including phenoxy) is 1. The van der Waals surface area contributed by atoms with Crippen molar-refractivity contribution < 1.29 is 9.53 Å². The minimum Gasteiger partial charge on any atom is -0.458 e. The van der Waals surface area contributed by atoms with Gasteiger partial charge in [-0.1, -0.05) is 19.3 Å². The molecule has 0 aromatic rings. The lowest BCUT2D eigenvalue weighted by atomic mass is 9.76. The van der Waals surface area contributed by atoms with E-state index >= 15 is 0 Å². The van der Waals surface area contributed by atoms with Crippen molar-refractivity contribution >= 4 is 17.6 Å². The van der Waals surface area contributed by atoms with E-state index in [0.29, 0.717) is 5.92 Å². The summed E-state index contributed by atoms with van der Waals surface area (Å²) in [7, 11) is 0. The molecular weight excluding hydrogens is 224 g/mol. The van der Waals surface area contributed by atoms with Gasteiger partial charge in [-0.05, 0) is 44.4 Å². The molecule has 0 unspecified atom stereocenters. The maximum atomic E-state index is 11.5. The molecule has 2 aliphatic rings. The van der Waals surface area contributed by atoms with E-state index in [1.165, 1.54) is 44.9 Å². The zero-order valence-electron chi connectivity index (χ0n) is 9.84. The van der Waals surface area contributed by atoms with E-state index in [-0.39, 0.29) is 17.5 Å². The van der Waals surface area contributed by atoms with Crippen LogP contribution in [0.1, 0.15) is 57.8 Å². The zero-order valence-corrected chi connectivity index (χ0v) is 10.6. The molecule has 0 atom stereocenters. The molecule has 2 rings (SSSR count). The molecule has 92 valence electrons. The van der Waals surface area contributed by atoms with Gasteiger partial charge in [0, 0.05) is 0 Å². The zero-order chi connectivity index (χ0) is 11.4. The second kappa shape index (κ2) is 5.39. The van der Waals surface area contributed by atoms with Gasteiger partial charge in [0.05, 0.1) is 0 Å². The third kappa shape index (κ3) is 2.53. The molecule has 2 aliphatic carbocycles. The lowest BCUT2D eigenvalue weighted by molar-refractivity contribution is -0.164. The Hall–Kier alpha value is -0.240. The maximum absolute atomic E-state index is 11.5. The summed E-state index contributed by atoms with van der Waals surface area (Å²) in [5.41, 5.74) is -0.146. The molecule has 0 saturated heterocycles. The van der Waals surface area contributed by atoms with E-state index in [2.05, 4.69) is 0 Å². The third-order valence-corrected chi connectivity index (χ3v) is 4.44. The molecule has 16 heavy (non-hydrogen) atoms. The van der Waals surface area contributed by atoms with E-state index in [1.807, 2.05) is 0 Å². The lowest BCUT2D eigenvalue weighted by Gasteiger charge is -2.39. The Bertz CT molecular complexity index is 240. The van der Waals surface area contributed by atoms with Crippen molar-refractivity contribution in [3.05, 3.63) is 0 Å². The molecule has 0 spiro atoms. The van der Waals surface area contributed by atoms with Gasteiger partial charge in [-0.15, -0.1) is 11.6 Å². The third-order valence-electron chi connectivity index (χ3n) is 4.23. The van der Waals surface area contributed by atoms with Crippen molar-refractivity contribution in [2.24, 2.45) is 5.92 Å². The first-order valence-corrected chi connectivity index (χ1v) is 7.08. The predicted octanol–water partition coefficient (Wildman–Crippen LogP) is 3.66. The molecule has 0 amide bonds. The Balaban J connectivity index is 2.04. The van der Waals surface area contributed by atoms with Crippen molar-refractivity contribution in [2.75, 3.05) is 5.88 Å². The Morgan fingerprint density at radius 3 is 2.31 bits per heavy atom. The average molecular weight is 245 g/mol. The molecule has 3 heteroatoms. The highest BCUT2D eigenvalue weighted by molar-refractivity contribution is 6.26.